The summed E-state index contributed by atoms with van der Waals surface area (Å²) >= 11 is 1.60. The molecule has 104 valence electrons. The standard InChI is InChI=1S/C20H13NS/c21-13-17(20-6-3-9-22-20)11-14-7-8-19-16(10-14)12-15-4-1-2-5-18(15)19/h1-11H,12H2/b17-11-. The van der Waals surface area contributed by atoms with Gasteiger partial charge in [0, 0.05) is 4.88 Å². The minimum Gasteiger partial charge on any atom is -0.192 e. The summed E-state index contributed by atoms with van der Waals surface area (Å²) in [5, 5.41) is 11.4. The van der Waals surface area contributed by atoms with Crippen LogP contribution in [0.3, 0.4) is 0 Å². The molecule has 22 heavy (non-hydrogen) atoms. The molecule has 2 heteroatoms. The Morgan fingerprint density at radius 1 is 1.00 bits per heavy atom. The van der Waals surface area contributed by atoms with Crippen LogP contribution in [0, 0.1) is 11.3 Å². The highest BCUT2D eigenvalue weighted by atomic mass is 32.1. The number of nitriles is 1. The van der Waals surface area contributed by atoms with Crippen molar-refractivity contribution in [3.8, 4) is 17.2 Å². The summed E-state index contributed by atoms with van der Waals surface area (Å²) in [6.45, 7) is 0. The molecule has 0 amide bonds. The molecule has 1 aliphatic rings. The SMILES string of the molecule is N#C/C(=C/c1ccc2c(c1)Cc1ccccc1-2)c1cccs1. The molecule has 0 radical (unpaired) electrons. The molecule has 0 unspecified atom stereocenters. The molecule has 0 saturated carbocycles. The predicted octanol–water partition coefficient (Wildman–Crippen LogP) is 5.38. The lowest BCUT2D eigenvalue weighted by molar-refractivity contribution is 1.26. The van der Waals surface area contributed by atoms with E-state index in [4.69, 9.17) is 0 Å². The molecule has 2 aromatic carbocycles. The van der Waals surface area contributed by atoms with E-state index in [1.54, 1.807) is 11.3 Å². The average molecular weight is 299 g/mol. The number of rotatable bonds is 2. The fraction of sp³-hybridized carbons (Fsp3) is 0.0500. The van der Waals surface area contributed by atoms with Crippen molar-refractivity contribution in [2.75, 3.05) is 0 Å². The monoisotopic (exact) mass is 299 g/mol. The zero-order valence-corrected chi connectivity index (χ0v) is 12.7. The van der Waals surface area contributed by atoms with Crippen LogP contribution in [0.2, 0.25) is 0 Å². The lowest BCUT2D eigenvalue weighted by Crippen LogP contribution is -1.83. The van der Waals surface area contributed by atoms with Crippen LogP contribution in [-0.4, -0.2) is 0 Å². The zero-order chi connectivity index (χ0) is 14.9. The van der Waals surface area contributed by atoms with Gasteiger partial charge >= 0.3 is 0 Å². The number of fused-ring (bicyclic) bond motifs is 3. The van der Waals surface area contributed by atoms with E-state index in [1.807, 2.05) is 23.6 Å². The highest BCUT2D eigenvalue weighted by Crippen LogP contribution is 2.37. The van der Waals surface area contributed by atoms with Gasteiger partial charge in [0.2, 0.25) is 0 Å². The van der Waals surface area contributed by atoms with Crippen molar-refractivity contribution in [2.45, 2.75) is 6.42 Å². The van der Waals surface area contributed by atoms with Crippen LogP contribution in [0.5, 0.6) is 0 Å². The van der Waals surface area contributed by atoms with Crippen molar-refractivity contribution in [1.29, 1.82) is 5.26 Å². The fourth-order valence-corrected chi connectivity index (χ4v) is 3.70. The van der Waals surface area contributed by atoms with Crippen LogP contribution >= 0.6 is 11.3 Å². The Bertz CT molecular complexity index is 911. The van der Waals surface area contributed by atoms with Gasteiger partial charge in [0.15, 0.2) is 0 Å². The van der Waals surface area contributed by atoms with Gasteiger partial charge < -0.3 is 0 Å². The van der Waals surface area contributed by atoms with Gasteiger partial charge in [-0.05, 0) is 51.8 Å². The molecule has 1 aromatic heterocycles. The Morgan fingerprint density at radius 2 is 1.86 bits per heavy atom. The van der Waals surface area contributed by atoms with Crippen LogP contribution in [0.25, 0.3) is 22.8 Å². The molecule has 0 fully saturated rings. The molecule has 0 saturated heterocycles. The minimum absolute atomic E-state index is 0.727. The lowest BCUT2D eigenvalue weighted by atomic mass is 10.0. The Morgan fingerprint density at radius 3 is 2.68 bits per heavy atom. The Balaban J connectivity index is 1.75. The highest BCUT2D eigenvalue weighted by molar-refractivity contribution is 7.11. The second-order valence-corrected chi connectivity index (χ2v) is 6.35. The molecule has 3 aromatic rings. The van der Waals surface area contributed by atoms with Crippen LogP contribution < -0.4 is 0 Å². The first-order chi connectivity index (χ1) is 10.8. The van der Waals surface area contributed by atoms with E-state index in [0.717, 1.165) is 22.4 Å². The predicted molar refractivity (Wildman–Crippen MR) is 92.5 cm³/mol. The summed E-state index contributed by atoms with van der Waals surface area (Å²) in [5.41, 5.74) is 7.21. The van der Waals surface area contributed by atoms with E-state index in [0.29, 0.717) is 0 Å². The van der Waals surface area contributed by atoms with Gasteiger partial charge in [-0.3, -0.25) is 0 Å². The van der Waals surface area contributed by atoms with E-state index >= 15 is 0 Å². The van der Waals surface area contributed by atoms with Gasteiger partial charge in [-0.2, -0.15) is 5.26 Å². The summed E-state index contributed by atoms with van der Waals surface area (Å²) < 4.78 is 0. The number of benzene rings is 2. The first kappa shape index (κ1) is 13.1. The second-order valence-electron chi connectivity index (χ2n) is 5.40. The largest absolute Gasteiger partial charge is 0.192 e. The minimum atomic E-state index is 0.727. The molecule has 0 atom stereocenters. The van der Waals surface area contributed by atoms with Crippen molar-refractivity contribution >= 4 is 23.0 Å². The van der Waals surface area contributed by atoms with Gasteiger partial charge in [0.25, 0.3) is 0 Å². The van der Waals surface area contributed by atoms with E-state index < -0.39 is 0 Å². The summed E-state index contributed by atoms with van der Waals surface area (Å²) in [5.74, 6) is 0. The first-order valence-electron chi connectivity index (χ1n) is 7.22. The molecule has 1 nitrogen and oxygen atoms in total. The third-order valence-electron chi connectivity index (χ3n) is 4.04. The molecule has 0 aliphatic heterocycles. The summed E-state index contributed by atoms with van der Waals surface area (Å²) in [4.78, 5) is 1.02. The zero-order valence-electron chi connectivity index (χ0n) is 11.9. The maximum atomic E-state index is 9.38. The van der Waals surface area contributed by atoms with Crippen molar-refractivity contribution in [2.24, 2.45) is 0 Å². The van der Waals surface area contributed by atoms with Crippen molar-refractivity contribution < 1.29 is 0 Å². The maximum Gasteiger partial charge on any atom is 0.101 e. The number of allylic oxidation sites excluding steroid dienone is 1. The molecular formula is C20H13NS. The van der Waals surface area contributed by atoms with Crippen molar-refractivity contribution in [3.63, 3.8) is 0 Å². The quantitative estimate of drug-likeness (QED) is 0.456. The second kappa shape index (κ2) is 5.29. The number of hydrogen-bond acceptors (Lipinski definition) is 2. The Hall–Kier alpha value is -2.63. The van der Waals surface area contributed by atoms with Gasteiger partial charge in [-0.25, -0.2) is 0 Å². The maximum absolute atomic E-state index is 9.38. The average Bonchev–Trinajstić information content (AvgIpc) is 3.19. The number of hydrogen-bond donors (Lipinski definition) is 0. The molecular weight excluding hydrogens is 286 g/mol. The van der Waals surface area contributed by atoms with E-state index in [1.165, 1.54) is 22.3 Å². The van der Waals surface area contributed by atoms with Crippen molar-refractivity contribution in [1.82, 2.24) is 0 Å². The molecule has 1 aliphatic carbocycles. The van der Waals surface area contributed by atoms with Crippen LogP contribution in [0.1, 0.15) is 21.6 Å². The fourth-order valence-electron chi connectivity index (χ4n) is 3.01. The molecule has 4 rings (SSSR count). The first-order valence-corrected chi connectivity index (χ1v) is 8.10. The van der Waals surface area contributed by atoms with Crippen molar-refractivity contribution in [3.05, 3.63) is 81.5 Å². The van der Waals surface area contributed by atoms with Gasteiger partial charge in [-0.15, -0.1) is 11.3 Å². The molecule has 0 spiro atoms. The highest BCUT2D eigenvalue weighted by Gasteiger charge is 2.17. The third-order valence-corrected chi connectivity index (χ3v) is 4.94. The Kier molecular flexibility index (Phi) is 3.14. The molecule has 0 bridgehead atoms. The van der Waals surface area contributed by atoms with Gasteiger partial charge in [0.1, 0.15) is 6.07 Å². The Labute approximate surface area is 133 Å². The van der Waals surface area contributed by atoms with E-state index in [-0.39, 0.29) is 0 Å². The van der Waals surface area contributed by atoms with E-state index in [2.05, 4.69) is 48.5 Å². The topological polar surface area (TPSA) is 23.8 Å². The normalized spacial score (nSPS) is 12.6. The molecule has 1 heterocycles. The lowest BCUT2D eigenvalue weighted by Gasteiger charge is -2.03. The number of nitrogens with zero attached hydrogens (tertiary/aromatic N) is 1. The van der Waals surface area contributed by atoms with Gasteiger partial charge in [-0.1, -0.05) is 48.5 Å². The summed E-state index contributed by atoms with van der Waals surface area (Å²) in [7, 11) is 0. The number of thiophene rings is 1. The smallest absolute Gasteiger partial charge is 0.101 e. The third kappa shape index (κ3) is 2.16. The molecule has 0 N–H and O–H groups in total. The van der Waals surface area contributed by atoms with Crippen LogP contribution in [-0.2, 0) is 6.42 Å². The summed E-state index contributed by atoms with van der Waals surface area (Å²) in [6, 6.07) is 21.3. The summed E-state index contributed by atoms with van der Waals surface area (Å²) in [6.07, 6.45) is 2.96. The van der Waals surface area contributed by atoms with Gasteiger partial charge in [0.05, 0.1) is 5.57 Å². The van der Waals surface area contributed by atoms with E-state index in [9.17, 15) is 5.26 Å². The van der Waals surface area contributed by atoms with Crippen LogP contribution in [0.4, 0.5) is 0 Å². The van der Waals surface area contributed by atoms with Crippen LogP contribution in [0.15, 0.2) is 60.0 Å².